The lowest BCUT2D eigenvalue weighted by atomic mass is 10.0. The Hall–Kier alpha value is -0.610. The van der Waals surface area contributed by atoms with Crippen LogP contribution in [0, 0.1) is 0 Å². The molecule has 0 saturated carbocycles. The Labute approximate surface area is 102 Å². The summed E-state index contributed by atoms with van der Waals surface area (Å²) in [4.78, 5) is 0. The molecule has 0 aromatic heterocycles. The maximum absolute atomic E-state index is 5.93. The van der Waals surface area contributed by atoms with Crippen LogP contribution >= 0.6 is 11.6 Å². The second-order valence-corrected chi connectivity index (χ2v) is 4.20. The zero-order chi connectivity index (χ0) is 12.0. The van der Waals surface area contributed by atoms with Crippen LogP contribution in [0.1, 0.15) is 19.4 Å². The second kappa shape index (κ2) is 6.86. The van der Waals surface area contributed by atoms with Gasteiger partial charge in [0.25, 0.3) is 0 Å². The van der Waals surface area contributed by atoms with Gasteiger partial charge in [0.2, 0.25) is 0 Å². The van der Waals surface area contributed by atoms with Gasteiger partial charge in [-0.15, -0.1) is 0 Å². The minimum atomic E-state index is 0.0778. The molecule has 0 fully saturated rings. The molecule has 0 radical (unpaired) electrons. The van der Waals surface area contributed by atoms with Crippen molar-refractivity contribution in [1.82, 2.24) is 5.43 Å². The normalized spacial score (nSPS) is 14.8. The van der Waals surface area contributed by atoms with Crippen LogP contribution in [-0.2, 0) is 11.2 Å². The van der Waals surface area contributed by atoms with E-state index in [1.165, 1.54) is 0 Å². The highest BCUT2D eigenvalue weighted by Gasteiger charge is 2.16. The van der Waals surface area contributed by atoms with Gasteiger partial charge in [-0.05, 0) is 38.0 Å². The van der Waals surface area contributed by atoms with Gasteiger partial charge < -0.3 is 4.74 Å². The number of nitrogens with one attached hydrogen (secondary N) is 1. The van der Waals surface area contributed by atoms with Gasteiger partial charge in [-0.1, -0.05) is 23.7 Å². The van der Waals surface area contributed by atoms with Gasteiger partial charge >= 0.3 is 0 Å². The average molecular weight is 243 g/mol. The molecule has 1 aromatic carbocycles. The molecule has 0 bridgehead atoms. The largest absolute Gasteiger partial charge is 0.377 e. The molecule has 0 aliphatic heterocycles. The molecule has 0 spiro atoms. The van der Waals surface area contributed by atoms with E-state index in [9.17, 15) is 0 Å². The smallest absolute Gasteiger partial charge is 0.0716 e. The molecule has 0 heterocycles. The summed E-state index contributed by atoms with van der Waals surface area (Å²) in [5.41, 5.74) is 3.94. The third-order valence-electron chi connectivity index (χ3n) is 2.55. The quantitative estimate of drug-likeness (QED) is 0.594. The molecule has 3 nitrogen and oxygen atoms in total. The van der Waals surface area contributed by atoms with E-state index in [-0.39, 0.29) is 12.1 Å². The van der Waals surface area contributed by atoms with Crippen LogP contribution in [0.15, 0.2) is 24.3 Å². The molecule has 0 aliphatic rings. The van der Waals surface area contributed by atoms with Crippen molar-refractivity contribution < 1.29 is 4.74 Å². The van der Waals surface area contributed by atoms with E-state index in [0.717, 1.165) is 17.0 Å². The molecular formula is C12H19ClN2O. The van der Waals surface area contributed by atoms with Gasteiger partial charge in [0.15, 0.2) is 0 Å². The van der Waals surface area contributed by atoms with Crippen molar-refractivity contribution in [2.24, 2.45) is 5.84 Å². The topological polar surface area (TPSA) is 47.3 Å². The fourth-order valence-electron chi connectivity index (χ4n) is 1.66. The van der Waals surface area contributed by atoms with Gasteiger partial charge in [-0.25, -0.2) is 0 Å². The molecule has 16 heavy (non-hydrogen) atoms. The summed E-state index contributed by atoms with van der Waals surface area (Å²) in [6.45, 7) is 4.68. The van der Waals surface area contributed by atoms with E-state index < -0.39 is 0 Å². The van der Waals surface area contributed by atoms with Gasteiger partial charge in [0, 0.05) is 11.6 Å². The molecule has 4 heteroatoms. The van der Waals surface area contributed by atoms with E-state index in [2.05, 4.69) is 5.43 Å². The SMILES string of the molecule is CCOC(C)C(Cc1cccc(Cl)c1)NN. The molecule has 0 aliphatic carbocycles. The van der Waals surface area contributed by atoms with Crippen LogP contribution in [0.4, 0.5) is 0 Å². The standard InChI is InChI=1S/C12H19ClN2O/c1-3-16-9(2)12(15-14)8-10-5-4-6-11(13)7-10/h4-7,9,12,15H,3,8,14H2,1-2H3. The number of nitrogens with two attached hydrogens (primary N) is 1. The number of rotatable bonds is 6. The van der Waals surface area contributed by atoms with Crippen LogP contribution in [0.2, 0.25) is 5.02 Å². The first kappa shape index (κ1) is 13.5. The molecule has 2 atom stereocenters. The van der Waals surface area contributed by atoms with Crippen LogP contribution in [0.3, 0.4) is 0 Å². The first-order chi connectivity index (χ1) is 7.67. The third-order valence-corrected chi connectivity index (χ3v) is 2.79. The fourth-order valence-corrected chi connectivity index (χ4v) is 1.87. The van der Waals surface area contributed by atoms with Crippen molar-refractivity contribution in [3.05, 3.63) is 34.9 Å². The van der Waals surface area contributed by atoms with Crippen LogP contribution in [0.25, 0.3) is 0 Å². The minimum Gasteiger partial charge on any atom is -0.377 e. The van der Waals surface area contributed by atoms with Crippen molar-refractivity contribution in [3.63, 3.8) is 0 Å². The van der Waals surface area contributed by atoms with E-state index in [1.54, 1.807) is 0 Å². The van der Waals surface area contributed by atoms with Gasteiger partial charge in [0.05, 0.1) is 12.1 Å². The van der Waals surface area contributed by atoms with Crippen molar-refractivity contribution in [2.45, 2.75) is 32.4 Å². The predicted octanol–water partition coefficient (Wildman–Crippen LogP) is 2.14. The zero-order valence-electron chi connectivity index (χ0n) is 9.74. The molecule has 1 aromatic rings. The third kappa shape index (κ3) is 4.10. The van der Waals surface area contributed by atoms with Gasteiger partial charge in [-0.3, -0.25) is 11.3 Å². The first-order valence-electron chi connectivity index (χ1n) is 5.49. The summed E-state index contributed by atoms with van der Waals surface area (Å²) >= 11 is 5.93. The molecular weight excluding hydrogens is 224 g/mol. The Balaban J connectivity index is 2.62. The van der Waals surface area contributed by atoms with E-state index in [4.69, 9.17) is 22.2 Å². The molecule has 0 saturated heterocycles. The lowest BCUT2D eigenvalue weighted by molar-refractivity contribution is 0.0476. The monoisotopic (exact) mass is 242 g/mol. The molecule has 90 valence electrons. The van der Waals surface area contributed by atoms with Crippen molar-refractivity contribution in [2.75, 3.05) is 6.61 Å². The molecule has 2 unspecified atom stereocenters. The summed E-state index contributed by atoms with van der Waals surface area (Å²) < 4.78 is 5.52. The lowest BCUT2D eigenvalue weighted by Crippen LogP contribution is -2.45. The highest BCUT2D eigenvalue weighted by Crippen LogP contribution is 2.13. The number of ether oxygens (including phenoxy) is 1. The summed E-state index contributed by atoms with van der Waals surface area (Å²) in [5.74, 6) is 5.53. The Morgan fingerprint density at radius 2 is 2.25 bits per heavy atom. The highest BCUT2D eigenvalue weighted by molar-refractivity contribution is 6.30. The lowest BCUT2D eigenvalue weighted by Gasteiger charge is -2.23. The Kier molecular flexibility index (Phi) is 5.77. The number of hydrogen-bond donors (Lipinski definition) is 2. The minimum absolute atomic E-state index is 0.0778. The average Bonchev–Trinajstić information content (AvgIpc) is 2.26. The molecule has 3 N–H and O–H groups in total. The number of hydrogen-bond acceptors (Lipinski definition) is 3. The Morgan fingerprint density at radius 1 is 1.50 bits per heavy atom. The zero-order valence-corrected chi connectivity index (χ0v) is 10.5. The predicted molar refractivity (Wildman–Crippen MR) is 67.4 cm³/mol. The van der Waals surface area contributed by atoms with E-state index >= 15 is 0 Å². The fraction of sp³-hybridized carbons (Fsp3) is 0.500. The van der Waals surface area contributed by atoms with Crippen molar-refractivity contribution >= 4 is 11.6 Å². The first-order valence-corrected chi connectivity index (χ1v) is 5.87. The summed E-state index contributed by atoms with van der Waals surface area (Å²) in [6, 6.07) is 7.89. The highest BCUT2D eigenvalue weighted by atomic mass is 35.5. The van der Waals surface area contributed by atoms with Crippen molar-refractivity contribution in [1.29, 1.82) is 0 Å². The van der Waals surface area contributed by atoms with E-state index in [1.807, 2.05) is 38.1 Å². The van der Waals surface area contributed by atoms with Crippen LogP contribution in [0.5, 0.6) is 0 Å². The van der Waals surface area contributed by atoms with Crippen LogP contribution in [-0.4, -0.2) is 18.8 Å². The summed E-state index contributed by atoms with van der Waals surface area (Å²) in [6.07, 6.45) is 0.882. The van der Waals surface area contributed by atoms with Crippen LogP contribution < -0.4 is 11.3 Å². The summed E-state index contributed by atoms with van der Waals surface area (Å²) in [5, 5.41) is 0.748. The van der Waals surface area contributed by atoms with Gasteiger partial charge in [-0.2, -0.15) is 0 Å². The van der Waals surface area contributed by atoms with E-state index in [0.29, 0.717) is 6.61 Å². The number of halogens is 1. The summed E-state index contributed by atoms with van der Waals surface area (Å²) in [7, 11) is 0. The Morgan fingerprint density at radius 3 is 2.81 bits per heavy atom. The molecule has 0 amide bonds. The second-order valence-electron chi connectivity index (χ2n) is 3.77. The van der Waals surface area contributed by atoms with Crippen molar-refractivity contribution in [3.8, 4) is 0 Å². The Bertz CT molecular complexity index is 320. The van der Waals surface area contributed by atoms with Gasteiger partial charge in [0.1, 0.15) is 0 Å². The maximum Gasteiger partial charge on any atom is 0.0716 e. The number of hydrazine groups is 1. The number of benzene rings is 1. The molecule has 1 rings (SSSR count). The maximum atomic E-state index is 5.93.